The zero-order valence-electron chi connectivity index (χ0n) is 20.2. The SMILES string of the molecule is CCc1cc([C@H](c2ccc(C(C)C)cc2)N2CCN(C)CC2)c(NC(=O)c2ccccc2)s1. The van der Waals surface area contributed by atoms with Crippen LogP contribution in [0.25, 0.3) is 0 Å². The number of nitrogens with one attached hydrogen (secondary N) is 1. The summed E-state index contributed by atoms with van der Waals surface area (Å²) in [5, 5.41) is 4.22. The van der Waals surface area contributed by atoms with Gasteiger partial charge in [-0.3, -0.25) is 9.69 Å². The maximum Gasteiger partial charge on any atom is 0.256 e. The number of amides is 1. The lowest BCUT2D eigenvalue weighted by Crippen LogP contribution is -2.46. The van der Waals surface area contributed by atoms with Gasteiger partial charge in [-0.15, -0.1) is 11.3 Å². The van der Waals surface area contributed by atoms with E-state index < -0.39 is 0 Å². The van der Waals surface area contributed by atoms with Crippen molar-refractivity contribution in [2.24, 2.45) is 0 Å². The number of carbonyl (C=O) groups excluding carboxylic acids is 1. The summed E-state index contributed by atoms with van der Waals surface area (Å²) < 4.78 is 0. The number of hydrogen-bond acceptors (Lipinski definition) is 4. The van der Waals surface area contributed by atoms with Crippen molar-refractivity contribution in [3.63, 3.8) is 0 Å². The molecule has 3 aromatic rings. The zero-order valence-corrected chi connectivity index (χ0v) is 21.0. The summed E-state index contributed by atoms with van der Waals surface area (Å²) in [6.45, 7) is 10.8. The van der Waals surface area contributed by atoms with E-state index in [2.05, 4.69) is 73.3 Å². The second kappa shape index (κ2) is 10.6. The third kappa shape index (κ3) is 5.55. The standard InChI is InChI=1S/C28H35N3OS/c1-5-24-19-25(28(33-24)29-27(32)23-9-7-6-8-10-23)26(31-17-15-30(4)16-18-31)22-13-11-21(12-14-22)20(2)3/h6-14,19-20,26H,5,15-18H2,1-4H3,(H,29,32)/t26-/m0/s1. The zero-order chi connectivity index (χ0) is 23.4. The molecule has 2 heterocycles. The first-order chi connectivity index (χ1) is 16.0. The smallest absolute Gasteiger partial charge is 0.256 e. The van der Waals surface area contributed by atoms with Crippen molar-refractivity contribution in [1.29, 1.82) is 0 Å². The van der Waals surface area contributed by atoms with Crippen LogP contribution in [0.2, 0.25) is 0 Å². The van der Waals surface area contributed by atoms with Gasteiger partial charge in [-0.05, 0) is 48.7 Å². The molecule has 1 aliphatic heterocycles. The van der Waals surface area contributed by atoms with E-state index in [4.69, 9.17) is 0 Å². The van der Waals surface area contributed by atoms with Crippen LogP contribution in [0.4, 0.5) is 5.00 Å². The first-order valence-electron chi connectivity index (χ1n) is 12.0. The van der Waals surface area contributed by atoms with E-state index in [1.165, 1.54) is 21.6 Å². The largest absolute Gasteiger partial charge is 0.313 e. The average molecular weight is 462 g/mol. The van der Waals surface area contributed by atoms with Crippen LogP contribution < -0.4 is 5.32 Å². The lowest BCUT2D eigenvalue weighted by molar-refractivity contribution is 0.102. The topological polar surface area (TPSA) is 35.6 Å². The molecule has 0 saturated carbocycles. The first-order valence-corrected chi connectivity index (χ1v) is 12.8. The predicted octanol–water partition coefficient (Wildman–Crippen LogP) is 6.02. The van der Waals surface area contributed by atoms with Crippen molar-refractivity contribution in [1.82, 2.24) is 9.80 Å². The molecule has 0 aliphatic carbocycles. The Morgan fingerprint density at radius 1 is 0.970 bits per heavy atom. The second-order valence-electron chi connectivity index (χ2n) is 9.23. The summed E-state index contributed by atoms with van der Waals surface area (Å²) in [4.78, 5) is 19.3. The van der Waals surface area contributed by atoms with Crippen molar-refractivity contribution in [3.8, 4) is 0 Å². The molecule has 5 heteroatoms. The number of carbonyl (C=O) groups is 1. The summed E-state index contributed by atoms with van der Waals surface area (Å²) in [6.07, 6.45) is 0.959. The van der Waals surface area contributed by atoms with Gasteiger partial charge in [-0.2, -0.15) is 0 Å². The minimum Gasteiger partial charge on any atom is -0.313 e. The van der Waals surface area contributed by atoms with Gasteiger partial charge in [0.05, 0.1) is 6.04 Å². The molecular formula is C28H35N3OS. The highest BCUT2D eigenvalue weighted by molar-refractivity contribution is 7.16. The number of thiophene rings is 1. The van der Waals surface area contributed by atoms with Gasteiger partial charge in [-0.1, -0.05) is 63.2 Å². The number of hydrogen-bond donors (Lipinski definition) is 1. The Labute approximate surface area is 202 Å². The molecule has 0 radical (unpaired) electrons. The predicted molar refractivity (Wildman–Crippen MR) is 140 cm³/mol. The van der Waals surface area contributed by atoms with Crippen molar-refractivity contribution in [2.45, 2.75) is 39.2 Å². The molecule has 1 aromatic heterocycles. The molecule has 1 atom stereocenters. The van der Waals surface area contributed by atoms with Gasteiger partial charge in [-0.25, -0.2) is 0 Å². The van der Waals surface area contributed by atoms with Crippen LogP contribution in [0.3, 0.4) is 0 Å². The summed E-state index contributed by atoms with van der Waals surface area (Å²) in [5.74, 6) is 0.461. The Kier molecular flexibility index (Phi) is 7.63. The lowest BCUT2D eigenvalue weighted by Gasteiger charge is -2.38. The summed E-state index contributed by atoms with van der Waals surface area (Å²) in [6, 6.07) is 21.0. The van der Waals surface area contributed by atoms with Gasteiger partial charge in [0, 0.05) is 42.2 Å². The van der Waals surface area contributed by atoms with Gasteiger partial charge in [0.1, 0.15) is 5.00 Å². The molecule has 1 fully saturated rings. The highest BCUT2D eigenvalue weighted by atomic mass is 32.1. The molecule has 0 bridgehead atoms. The van der Waals surface area contributed by atoms with Crippen LogP contribution in [0.1, 0.15) is 64.7 Å². The highest BCUT2D eigenvalue weighted by Crippen LogP contribution is 2.40. The Bertz CT molecular complexity index is 1050. The van der Waals surface area contributed by atoms with E-state index in [-0.39, 0.29) is 11.9 Å². The van der Waals surface area contributed by atoms with Crippen LogP contribution >= 0.6 is 11.3 Å². The van der Waals surface area contributed by atoms with E-state index in [0.29, 0.717) is 11.5 Å². The van der Waals surface area contributed by atoms with E-state index in [1.807, 2.05) is 30.3 Å². The maximum absolute atomic E-state index is 13.0. The van der Waals surface area contributed by atoms with Crippen molar-refractivity contribution < 1.29 is 4.79 Å². The normalized spacial score (nSPS) is 16.2. The number of anilines is 1. The van der Waals surface area contributed by atoms with Gasteiger partial charge in [0.2, 0.25) is 0 Å². The Hall–Kier alpha value is -2.47. The van der Waals surface area contributed by atoms with E-state index in [0.717, 1.165) is 37.6 Å². The van der Waals surface area contributed by atoms with Crippen molar-refractivity contribution in [2.75, 3.05) is 38.5 Å². The number of benzene rings is 2. The minimum absolute atomic E-state index is 0.0476. The summed E-state index contributed by atoms with van der Waals surface area (Å²) >= 11 is 1.71. The molecule has 1 saturated heterocycles. The number of aryl methyl sites for hydroxylation is 1. The molecule has 33 heavy (non-hydrogen) atoms. The van der Waals surface area contributed by atoms with Crippen molar-refractivity contribution >= 4 is 22.2 Å². The molecule has 0 unspecified atom stereocenters. The Morgan fingerprint density at radius 3 is 2.21 bits per heavy atom. The fourth-order valence-electron chi connectivity index (χ4n) is 4.43. The molecule has 174 valence electrons. The highest BCUT2D eigenvalue weighted by Gasteiger charge is 2.29. The molecule has 1 amide bonds. The molecule has 1 N–H and O–H groups in total. The monoisotopic (exact) mass is 461 g/mol. The van der Waals surface area contributed by atoms with Crippen LogP contribution in [-0.4, -0.2) is 48.9 Å². The number of rotatable bonds is 7. The van der Waals surface area contributed by atoms with Gasteiger partial charge in [0.15, 0.2) is 0 Å². The summed E-state index contributed by atoms with van der Waals surface area (Å²) in [5.41, 5.74) is 4.54. The number of piperazine rings is 1. The molecule has 0 spiro atoms. The van der Waals surface area contributed by atoms with Crippen LogP contribution in [-0.2, 0) is 6.42 Å². The van der Waals surface area contributed by atoms with Crippen LogP contribution in [0, 0.1) is 0 Å². The van der Waals surface area contributed by atoms with Crippen molar-refractivity contribution in [3.05, 3.63) is 87.8 Å². The third-order valence-electron chi connectivity index (χ3n) is 6.54. The lowest BCUT2D eigenvalue weighted by atomic mass is 9.94. The van der Waals surface area contributed by atoms with Gasteiger partial charge >= 0.3 is 0 Å². The van der Waals surface area contributed by atoms with E-state index >= 15 is 0 Å². The van der Waals surface area contributed by atoms with Crippen LogP contribution in [0.5, 0.6) is 0 Å². The first kappa shape index (κ1) is 23.7. The number of likely N-dealkylation sites (N-methyl/N-ethyl adjacent to an activating group) is 1. The van der Waals surface area contributed by atoms with Gasteiger partial charge in [0.25, 0.3) is 5.91 Å². The third-order valence-corrected chi connectivity index (χ3v) is 7.75. The molecule has 2 aromatic carbocycles. The second-order valence-corrected chi connectivity index (χ2v) is 10.4. The molecular weight excluding hydrogens is 426 g/mol. The minimum atomic E-state index is -0.0476. The fraction of sp³-hybridized carbons (Fsp3) is 0.393. The molecule has 4 rings (SSSR count). The Balaban J connectivity index is 1.73. The van der Waals surface area contributed by atoms with E-state index in [1.54, 1.807) is 11.3 Å². The van der Waals surface area contributed by atoms with Crippen LogP contribution in [0.15, 0.2) is 60.7 Å². The molecule has 1 aliphatic rings. The average Bonchev–Trinajstić information content (AvgIpc) is 3.23. The summed E-state index contributed by atoms with van der Waals surface area (Å²) in [7, 11) is 2.19. The number of nitrogens with zero attached hydrogens (tertiary/aromatic N) is 2. The van der Waals surface area contributed by atoms with Gasteiger partial charge < -0.3 is 10.2 Å². The quantitative estimate of drug-likeness (QED) is 0.467. The molecule has 4 nitrogen and oxygen atoms in total. The van der Waals surface area contributed by atoms with E-state index in [9.17, 15) is 4.79 Å². The Morgan fingerprint density at radius 2 is 1.61 bits per heavy atom. The fourth-order valence-corrected chi connectivity index (χ4v) is 5.45. The maximum atomic E-state index is 13.0.